The van der Waals surface area contributed by atoms with Crippen LogP contribution in [0.5, 0.6) is 0 Å². The summed E-state index contributed by atoms with van der Waals surface area (Å²) in [6.45, 7) is 2.68. The van der Waals surface area contributed by atoms with Crippen LogP contribution in [0.4, 0.5) is 0 Å². The molecule has 1 fully saturated rings. The van der Waals surface area contributed by atoms with Gasteiger partial charge in [0, 0.05) is 12.5 Å². The van der Waals surface area contributed by atoms with Gasteiger partial charge in [-0.15, -0.1) is 0 Å². The van der Waals surface area contributed by atoms with Crippen molar-refractivity contribution in [2.75, 3.05) is 6.54 Å². The first-order chi connectivity index (χ1) is 9.26. The molecule has 1 saturated carbocycles. The van der Waals surface area contributed by atoms with Gasteiger partial charge in [0.2, 0.25) is 0 Å². The highest BCUT2D eigenvalue weighted by molar-refractivity contribution is 5.88. The first kappa shape index (κ1) is 14.3. The minimum Gasteiger partial charge on any atom is -0.329 e. The van der Waals surface area contributed by atoms with Crippen LogP contribution in [0.15, 0.2) is 30.3 Å². The van der Waals surface area contributed by atoms with Gasteiger partial charge in [0.05, 0.1) is 5.92 Å². The maximum absolute atomic E-state index is 12.6. The summed E-state index contributed by atoms with van der Waals surface area (Å²) in [7, 11) is 0. The number of ketones is 1. The lowest BCUT2D eigenvalue weighted by Crippen LogP contribution is -2.30. The molecule has 2 nitrogen and oxygen atoms in total. The molecule has 0 aromatic heterocycles. The minimum atomic E-state index is -0.107. The highest BCUT2D eigenvalue weighted by Gasteiger charge is 2.30. The van der Waals surface area contributed by atoms with E-state index in [-0.39, 0.29) is 11.8 Å². The smallest absolute Gasteiger partial charge is 0.144 e. The molecule has 0 saturated heterocycles. The fourth-order valence-electron chi connectivity index (χ4n) is 3.24. The Labute approximate surface area is 116 Å². The van der Waals surface area contributed by atoms with Crippen molar-refractivity contribution in [3.8, 4) is 0 Å². The second kappa shape index (κ2) is 6.85. The second-order valence-corrected chi connectivity index (χ2v) is 5.73. The van der Waals surface area contributed by atoms with E-state index in [4.69, 9.17) is 5.73 Å². The van der Waals surface area contributed by atoms with Gasteiger partial charge in [0.1, 0.15) is 5.78 Å². The van der Waals surface area contributed by atoms with Crippen LogP contribution in [-0.2, 0) is 4.79 Å². The highest BCUT2D eigenvalue weighted by atomic mass is 16.1. The van der Waals surface area contributed by atoms with Crippen molar-refractivity contribution in [1.29, 1.82) is 0 Å². The predicted molar refractivity (Wildman–Crippen MR) is 79.0 cm³/mol. The third-order valence-electron chi connectivity index (χ3n) is 4.61. The lowest BCUT2D eigenvalue weighted by Gasteiger charge is -2.29. The van der Waals surface area contributed by atoms with Crippen LogP contribution in [0.3, 0.4) is 0 Å². The van der Waals surface area contributed by atoms with E-state index in [1.54, 1.807) is 0 Å². The molecule has 1 aromatic rings. The summed E-state index contributed by atoms with van der Waals surface area (Å²) in [4.78, 5) is 12.6. The molecule has 19 heavy (non-hydrogen) atoms. The van der Waals surface area contributed by atoms with Crippen molar-refractivity contribution in [1.82, 2.24) is 0 Å². The number of carbonyl (C=O) groups excluding carboxylic acids is 1. The van der Waals surface area contributed by atoms with E-state index in [0.717, 1.165) is 24.3 Å². The van der Waals surface area contributed by atoms with Crippen LogP contribution >= 0.6 is 0 Å². The molecule has 2 rings (SSSR count). The molecule has 0 spiro atoms. The Morgan fingerprint density at radius 1 is 1.21 bits per heavy atom. The average molecular weight is 259 g/mol. The average Bonchev–Trinajstić information content (AvgIpc) is 2.49. The van der Waals surface area contributed by atoms with Gasteiger partial charge in [0.25, 0.3) is 0 Å². The molecule has 1 atom stereocenters. The molecule has 1 aliphatic carbocycles. The zero-order chi connectivity index (χ0) is 13.7. The third-order valence-corrected chi connectivity index (χ3v) is 4.61. The van der Waals surface area contributed by atoms with Crippen molar-refractivity contribution in [2.45, 2.75) is 44.9 Å². The fourth-order valence-corrected chi connectivity index (χ4v) is 3.24. The Bertz CT molecular complexity index is 393. The van der Waals surface area contributed by atoms with Gasteiger partial charge in [-0.2, -0.15) is 0 Å². The zero-order valence-electron chi connectivity index (χ0n) is 11.8. The first-order valence-electron chi connectivity index (χ1n) is 7.55. The Hall–Kier alpha value is -1.15. The maximum Gasteiger partial charge on any atom is 0.144 e. The number of hydrogen-bond acceptors (Lipinski definition) is 2. The van der Waals surface area contributed by atoms with Gasteiger partial charge in [-0.25, -0.2) is 0 Å². The standard InChI is InChI=1S/C17H25NO/c1-2-13-8-10-15(11-9-13)17(19)16(12-18)14-6-4-3-5-7-14/h3-7,13,15-16H,2,8-12,18H2,1H3. The van der Waals surface area contributed by atoms with Gasteiger partial charge >= 0.3 is 0 Å². The fraction of sp³-hybridized carbons (Fsp3) is 0.588. The van der Waals surface area contributed by atoms with Crippen molar-refractivity contribution in [3.63, 3.8) is 0 Å². The van der Waals surface area contributed by atoms with E-state index in [1.807, 2.05) is 30.3 Å². The summed E-state index contributed by atoms with van der Waals surface area (Å²) in [5, 5.41) is 0. The molecular weight excluding hydrogens is 234 g/mol. The maximum atomic E-state index is 12.6. The van der Waals surface area contributed by atoms with E-state index in [9.17, 15) is 4.79 Å². The Morgan fingerprint density at radius 2 is 1.84 bits per heavy atom. The van der Waals surface area contributed by atoms with Gasteiger partial charge < -0.3 is 5.73 Å². The zero-order valence-corrected chi connectivity index (χ0v) is 11.8. The number of Topliss-reactive ketones (excluding diaryl/α,β-unsaturated/α-hetero) is 1. The molecule has 0 aliphatic heterocycles. The molecule has 0 heterocycles. The van der Waals surface area contributed by atoms with Crippen LogP contribution < -0.4 is 5.73 Å². The summed E-state index contributed by atoms with van der Waals surface area (Å²) < 4.78 is 0. The summed E-state index contributed by atoms with van der Waals surface area (Å²) in [6, 6.07) is 9.99. The Morgan fingerprint density at radius 3 is 2.37 bits per heavy atom. The molecule has 2 heteroatoms. The van der Waals surface area contributed by atoms with Crippen LogP contribution in [0.2, 0.25) is 0 Å². The Kier molecular flexibility index (Phi) is 5.15. The topological polar surface area (TPSA) is 43.1 Å². The van der Waals surface area contributed by atoms with E-state index in [1.165, 1.54) is 19.3 Å². The quantitative estimate of drug-likeness (QED) is 0.879. The van der Waals surface area contributed by atoms with Gasteiger partial charge in [-0.05, 0) is 37.2 Å². The molecule has 0 amide bonds. The number of hydrogen-bond donors (Lipinski definition) is 1. The molecule has 1 unspecified atom stereocenters. The van der Waals surface area contributed by atoms with Gasteiger partial charge in [-0.3, -0.25) is 4.79 Å². The summed E-state index contributed by atoms with van der Waals surface area (Å²) in [5.41, 5.74) is 6.92. The predicted octanol–water partition coefficient (Wildman–Crippen LogP) is 3.51. The SMILES string of the molecule is CCC1CCC(C(=O)C(CN)c2ccccc2)CC1. The van der Waals surface area contributed by atoms with Gasteiger partial charge in [-0.1, -0.05) is 43.7 Å². The number of carbonyl (C=O) groups is 1. The summed E-state index contributed by atoms with van der Waals surface area (Å²) in [5.74, 6) is 1.32. The third kappa shape index (κ3) is 3.44. The monoisotopic (exact) mass is 259 g/mol. The second-order valence-electron chi connectivity index (χ2n) is 5.73. The van der Waals surface area contributed by atoms with Crippen LogP contribution in [-0.4, -0.2) is 12.3 Å². The Balaban J connectivity index is 2.02. The van der Waals surface area contributed by atoms with Gasteiger partial charge in [0.15, 0.2) is 0 Å². The van der Waals surface area contributed by atoms with Crippen LogP contribution in [0, 0.1) is 11.8 Å². The van der Waals surface area contributed by atoms with E-state index < -0.39 is 0 Å². The molecule has 0 radical (unpaired) electrons. The summed E-state index contributed by atoms with van der Waals surface area (Å²) >= 11 is 0. The van der Waals surface area contributed by atoms with E-state index in [0.29, 0.717) is 12.3 Å². The molecule has 0 bridgehead atoms. The number of benzene rings is 1. The van der Waals surface area contributed by atoms with Crippen molar-refractivity contribution in [3.05, 3.63) is 35.9 Å². The van der Waals surface area contributed by atoms with Crippen molar-refractivity contribution >= 4 is 5.78 Å². The molecule has 2 N–H and O–H groups in total. The molecule has 104 valence electrons. The lowest BCUT2D eigenvalue weighted by molar-refractivity contribution is -0.125. The van der Waals surface area contributed by atoms with Crippen LogP contribution in [0.25, 0.3) is 0 Å². The largest absolute Gasteiger partial charge is 0.329 e. The highest BCUT2D eigenvalue weighted by Crippen LogP contribution is 2.34. The van der Waals surface area contributed by atoms with E-state index in [2.05, 4.69) is 6.92 Å². The van der Waals surface area contributed by atoms with E-state index >= 15 is 0 Å². The molecule has 1 aromatic carbocycles. The normalized spacial score (nSPS) is 24.9. The van der Waals surface area contributed by atoms with Crippen LogP contribution in [0.1, 0.15) is 50.5 Å². The molecular formula is C17H25NO. The minimum absolute atomic E-state index is 0.107. The lowest BCUT2D eigenvalue weighted by atomic mass is 9.75. The molecule has 1 aliphatic rings. The van der Waals surface area contributed by atoms with Crippen molar-refractivity contribution in [2.24, 2.45) is 17.6 Å². The first-order valence-corrected chi connectivity index (χ1v) is 7.55. The van der Waals surface area contributed by atoms with Crippen molar-refractivity contribution < 1.29 is 4.79 Å². The summed E-state index contributed by atoms with van der Waals surface area (Å²) in [6.07, 6.45) is 5.78. The number of nitrogens with two attached hydrogens (primary N) is 1. The number of rotatable bonds is 5.